The SMILES string of the molecule is CCOC(=O)CCc1cc2c(c(S(=O)(=O)Cl)c1)NC[C@@H](OCC)C2. The Labute approximate surface area is 146 Å². The minimum Gasteiger partial charge on any atom is -0.466 e. The topological polar surface area (TPSA) is 81.7 Å². The van der Waals surface area contributed by atoms with Crippen molar-refractivity contribution >= 4 is 31.4 Å². The average Bonchev–Trinajstić information content (AvgIpc) is 2.51. The molecule has 1 aliphatic rings. The molecular weight excluding hydrogens is 354 g/mol. The molecule has 1 heterocycles. The third kappa shape index (κ3) is 4.84. The van der Waals surface area contributed by atoms with Gasteiger partial charge in [-0.15, -0.1) is 0 Å². The van der Waals surface area contributed by atoms with Gasteiger partial charge in [0.1, 0.15) is 4.90 Å². The van der Waals surface area contributed by atoms with E-state index in [9.17, 15) is 13.2 Å². The number of ether oxygens (including phenoxy) is 2. The molecule has 0 saturated heterocycles. The lowest BCUT2D eigenvalue weighted by Gasteiger charge is -2.28. The van der Waals surface area contributed by atoms with E-state index in [4.69, 9.17) is 20.2 Å². The van der Waals surface area contributed by atoms with E-state index >= 15 is 0 Å². The normalized spacial score (nSPS) is 17.0. The van der Waals surface area contributed by atoms with E-state index in [0.717, 1.165) is 11.1 Å². The summed E-state index contributed by atoms with van der Waals surface area (Å²) in [5, 5.41) is 3.10. The van der Waals surface area contributed by atoms with Gasteiger partial charge >= 0.3 is 5.97 Å². The molecule has 1 aromatic rings. The van der Waals surface area contributed by atoms with Crippen LogP contribution in [-0.4, -0.2) is 40.2 Å². The van der Waals surface area contributed by atoms with Crippen molar-refractivity contribution in [1.29, 1.82) is 0 Å². The molecule has 1 atom stereocenters. The van der Waals surface area contributed by atoms with Crippen LogP contribution in [0.15, 0.2) is 17.0 Å². The summed E-state index contributed by atoms with van der Waals surface area (Å²) in [6.07, 6.45) is 1.17. The Morgan fingerprint density at radius 1 is 1.33 bits per heavy atom. The van der Waals surface area contributed by atoms with Crippen LogP contribution in [0.2, 0.25) is 0 Å². The van der Waals surface area contributed by atoms with Crippen LogP contribution in [0.4, 0.5) is 5.69 Å². The number of aryl methyl sites for hydroxylation is 1. The molecule has 0 unspecified atom stereocenters. The Hall–Kier alpha value is -1.31. The molecule has 8 heteroatoms. The molecule has 24 heavy (non-hydrogen) atoms. The molecule has 2 rings (SSSR count). The Kier molecular flexibility index (Phi) is 6.48. The van der Waals surface area contributed by atoms with Gasteiger partial charge in [-0.3, -0.25) is 4.79 Å². The Morgan fingerprint density at radius 3 is 2.71 bits per heavy atom. The zero-order valence-electron chi connectivity index (χ0n) is 13.8. The van der Waals surface area contributed by atoms with Gasteiger partial charge in [0.2, 0.25) is 0 Å². The summed E-state index contributed by atoms with van der Waals surface area (Å²) >= 11 is 0. The quantitative estimate of drug-likeness (QED) is 0.582. The van der Waals surface area contributed by atoms with Gasteiger partial charge in [-0.05, 0) is 37.5 Å². The van der Waals surface area contributed by atoms with E-state index in [0.29, 0.717) is 38.3 Å². The van der Waals surface area contributed by atoms with Gasteiger partial charge in [-0.1, -0.05) is 6.07 Å². The Morgan fingerprint density at radius 2 is 2.08 bits per heavy atom. The second-order valence-electron chi connectivity index (χ2n) is 5.53. The molecule has 0 aliphatic carbocycles. The van der Waals surface area contributed by atoms with Crippen LogP contribution in [0.25, 0.3) is 0 Å². The van der Waals surface area contributed by atoms with Gasteiger partial charge < -0.3 is 14.8 Å². The maximum atomic E-state index is 11.9. The number of nitrogens with one attached hydrogen (secondary N) is 1. The molecule has 134 valence electrons. The maximum Gasteiger partial charge on any atom is 0.306 e. The van der Waals surface area contributed by atoms with Gasteiger partial charge in [0.25, 0.3) is 9.05 Å². The average molecular weight is 376 g/mol. The largest absolute Gasteiger partial charge is 0.466 e. The van der Waals surface area contributed by atoms with Crippen molar-refractivity contribution in [3.05, 3.63) is 23.3 Å². The molecule has 0 fully saturated rings. The Balaban J connectivity index is 2.30. The molecule has 0 radical (unpaired) electrons. The standard InChI is InChI=1S/C16H22ClNO5S/c1-3-22-13-9-12-7-11(5-6-15(19)23-4-2)8-14(24(17,20)21)16(12)18-10-13/h7-8,13,18H,3-6,9-10H2,1-2H3/t13-/m0/s1. The smallest absolute Gasteiger partial charge is 0.306 e. The van der Waals surface area contributed by atoms with Crippen LogP contribution in [0.1, 0.15) is 31.4 Å². The fourth-order valence-electron chi connectivity index (χ4n) is 2.80. The highest BCUT2D eigenvalue weighted by Crippen LogP contribution is 2.34. The zero-order valence-corrected chi connectivity index (χ0v) is 15.4. The molecule has 1 N–H and O–H groups in total. The number of carbonyl (C=O) groups is 1. The highest BCUT2D eigenvalue weighted by molar-refractivity contribution is 8.13. The first-order chi connectivity index (χ1) is 11.3. The predicted octanol–water partition coefficient (Wildman–Crippen LogP) is 2.48. The zero-order chi connectivity index (χ0) is 17.7. The van der Waals surface area contributed by atoms with Crippen LogP contribution in [0.5, 0.6) is 0 Å². The molecule has 0 amide bonds. The molecule has 0 spiro atoms. The molecule has 0 aromatic heterocycles. The summed E-state index contributed by atoms with van der Waals surface area (Å²) in [6, 6.07) is 3.42. The lowest BCUT2D eigenvalue weighted by atomic mass is 9.97. The van der Waals surface area contributed by atoms with E-state index in [1.165, 1.54) is 6.07 Å². The van der Waals surface area contributed by atoms with Crippen molar-refractivity contribution in [3.8, 4) is 0 Å². The fourth-order valence-corrected chi connectivity index (χ4v) is 3.91. The number of hydrogen-bond donors (Lipinski definition) is 1. The van der Waals surface area contributed by atoms with E-state index in [1.807, 2.05) is 13.0 Å². The summed E-state index contributed by atoms with van der Waals surface area (Å²) in [4.78, 5) is 11.6. The number of carbonyl (C=O) groups excluding carboxylic acids is 1. The number of hydrogen-bond acceptors (Lipinski definition) is 6. The second kappa shape index (κ2) is 8.18. The summed E-state index contributed by atoms with van der Waals surface area (Å²) in [5.41, 5.74) is 2.10. The van der Waals surface area contributed by atoms with Crippen LogP contribution in [0, 0.1) is 0 Å². The van der Waals surface area contributed by atoms with Crippen molar-refractivity contribution in [3.63, 3.8) is 0 Å². The molecule has 1 aromatic carbocycles. The maximum absolute atomic E-state index is 11.9. The van der Waals surface area contributed by atoms with Gasteiger partial charge in [0, 0.05) is 36.7 Å². The number of benzene rings is 1. The van der Waals surface area contributed by atoms with Crippen LogP contribution >= 0.6 is 10.7 Å². The molecular formula is C16H22ClNO5S. The first-order valence-corrected chi connectivity index (χ1v) is 10.3. The number of halogens is 1. The monoisotopic (exact) mass is 375 g/mol. The molecule has 0 bridgehead atoms. The van der Waals surface area contributed by atoms with Crippen molar-refractivity contribution in [1.82, 2.24) is 0 Å². The number of rotatable bonds is 7. The van der Waals surface area contributed by atoms with Crippen LogP contribution < -0.4 is 5.32 Å². The first-order valence-electron chi connectivity index (χ1n) is 7.96. The van der Waals surface area contributed by atoms with E-state index in [2.05, 4.69) is 5.32 Å². The number of esters is 1. The molecule has 6 nitrogen and oxygen atoms in total. The van der Waals surface area contributed by atoms with Gasteiger partial charge in [-0.25, -0.2) is 8.42 Å². The predicted molar refractivity (Wildman–Crippen MR) is 92.0 cm³/mol. The Bertz CT molecular complexity index is 705. The van der Waals surface area contributed by atoms with E-state index in [1.54, 1.807) is 6.92 Å². The molecule has 1 aliphatic heterocycles. The summed E-state index contributed by atoms with van der Waals surface area (Å²) in [5.74, 6) is -0.309. The van der Waals surface area contributed by atoms with E-state index < -0.39 is 9.05 Å². The van der Waals surface area contributed by atoms with Crippen molar-refractivity contribution < 1.29 is 22.7 Å². The van der Waals surface area contributed by atoms with Crippen molar-refractivity contribution in [2.45, 2.75) is 44.1 Å². The number of anilines is 1. The fraction of sp³-hybridized carbons (Fsp3) is 0.562. The molecule has 0 saturated carbocycles. The minimum atomic E-state index is -3.89. The van der Waals surface area contributed by atoms with Gasteiger partial charge in [0.15, 0.2) is 0 Å². The van der Waals surface area contributed by atoms with Crippen molar-refractivity contribution in [2.24, 2.45) is 0 Å². The highest BCUT2D eigenvalue weighted by Gasteiger charge is 2.26. The lowest BCUT2D eigenvalue weighted by molar-refractivity contribution is -0.143. The third-order valence-electron chi connectivity index (χ3n) is 3.79. The second-order valence-corrected chi connectivity index (χ2v) is 8.07. The van der Waals surface area contributed by atoms with Crippen LogP contribution in [-0.2, 0) is 36.2 Å². The van der Waals surface area contributed by atoms with Gasteiger partial charge in [-0.2, -0.15) is 0 Å². The summed E-state index contributed by atoms with van der Waals surface area (Å²) < 4.78 is 34.3. The number of fused-ring (bicyclic) bond motifs is 1. The minimum absolute atomic E-state index is 0.0197. The first kappa shape index (κ1) is 19.0. The highest BCUT2D eigenvalue weighted by atomic mass is 35.7. The van der Waals surface area contributed by atoms with Crippen LogP contribution in [0.3, 0.4) is 0 Å². The third-order valence-corrected chi connectivity index (χ3v) is 5.13. The lowest BCUT2D eigenvalue weighted by Crippen LogP contribution is -2.31. The summed E-state index contributed by atoms with van der Waals surface area (Å²) in [7, 11) is 1.69. The summed E-state index contributed by atoms with van der Waals surface area (Å²) in [6.45, 7) is 5.10. The van der Waals surface area contributed by atoms with E-state index in [-0.39, 0.29) is 23.4 Å². The van der Waals surface area contributed by atoms with Crippen molar-refractivity contribution in [2.75, 3.05) is 25.1 Å². The van der Waals surface area contributed by atoms with Gasteiger partial charge in [0.05, 0.1) is 18.4 Å².